The molecule has 0 N–H and O–H groups in total. The van der Waals surface area contributed by atoms with Gasteiger partial charge in [-0.25, -0.2) is 9.78 Å². The Hall–Kier alpha value is -1.76. The summed E-state index contributed by atoms with van der Waals surface area (Å²) in [4.78, 5) is 14.6. The van der Waals surface area contributed by atoms with Gasteiger partial charge >= 0.3 is 5.97 Å². The van der Waals surface area contributed by atoms with E-state index in [0.717, 1.165) is 25.8 Å². The highest BCUT2D eigenvalue weighted by Crippen LogP contribution is 1.97. The molecule has 0 amide bonds. The number of nitrogens with zero attached hydrogens (tertiary/aromatic N) is 2. The minimum absolute atomic E-state index is 0.468. The monoisotopic (exact) mass is 206 g/mol. The van der Waals surface area contributed by atoms with Gasteiger partial charge in [0, 0.05) is 31.3 Å². The lowest BCUT2D eigenvalue weighted by atomic mass is 10.2. The van der Waals surface area contributed by atoms with Crippen molar-refractivity contribution in [3.8, 4) is 11.8 Å². The van der Waals surface area contributed by atoms with Crippen molar-refractivity contribution in [2.45, 2.75) is 25.8 Å². The molecule has 1 rings (SSSR count). The molecule has 0 aliphatic heterocycles. The van der Waals surface area contributed by atoms with Crippen molar-refractivity contribution in [2.75, 3.05) is 7.11 Å². The third-order valence-electron chi connectivity index (χ3n) is 1.90. The molecule has 1 aromatic heterocycles. The second-order valence-electron chi connectivity index (χ2n) is 3.05. The van der Waals surface area contributed by atoms with Gasteiger partial charge in [-0.15, -0.1) is 0 Å². The van der Waals surface area contributed by atoms with Gasteiger partial charge in [-0.1, -0.05) is 5.92 Å². The maximum atomic E-state index is 10.6. The lowest BCUT2D eigenvalue weighted by molar-refractivity contribution is -0.133. The summed E-state index contributed by atoms with van der Waals surface area (Å²) in [6, 6.07) is 0. The summed E-state index contributed by atoms with van der Waals surface area (Å²) in [6.45, 7) is 0.944. The van der Waals surface area contributed by atoms with Gasteiger partial charge in [-0.3, -0.25) is 0 Å². The molecule has 0 aliphatic rings. The molecule has 0 bridgehead atoms. The van der Waals surface area contributed by atoms with Gasteiger partial charge in [-0.2, -0.15) is 0 Å². The first-order chi connectivity index (χ1) is 7.33. The standard InChI is InChI=1S/C11H14N2O2/c1-15-11(14)6-4-2-3-5-8-13-9-7-12-10-13/h7,9-10H,2-3,5,8H2,1H3. The normalized spacial score (nSPS) is 9.13. The maximum absolute atomic E-state index is 10.6. The van der Waals surface area contributed by atoms with Crippen molar-refractivity contribution in [2.24, 2.45) is 0 Å². The van der Waals surface area contributed by atoms with Crippen LogP contribution in [0, 0.1) is 11.8 Å². The molecular weight excluding hydrogens is 192 g/mol. The van der Waals surface area contributed by atoms with E-state index in [1.807, 2.05) is 10.8 Å². The van der Waals surface area contributed by atoms with E-state index >= 15 is 0 Å². The number of hydrogen-bond donors (Lipinski definition) is 0. The van der Waals surface area contributed by atoms with Crippen molar-refractivity contribution < 1.29 is 9.53 Å². The van der Waals surface area contributed by atoms with Crippen LogP contribution in [0.15, 0.2) is 18.7 Å². The molecule has 1 heterocycles. The SMILES string of the molecule is COC(=O)C#CCCCCn1ccnc1. The number of esters is 1. The number of imidazole rings is 1. The molecule has 0 aromatic carbocycles. The van der Waals surface area contributed by atoms with Crippen molar-refractivity contribution >= 4 is 5.97 Å². The average molecular weight is 206 g/mol. The highest BCUT2D eigenvalue weighted by atomic mass is 16.5. The third kappa shape index (κ3) is 4.87. The summed E-state index contributed by atoms with van der Waals surface area (Å²) in [5.74, 6) is 4.69. The summed E-state index contributed by atoms with van der Waals surface area (Å²) in [5, 5.41) is 0. The van der Waals surface area contributed by atoms with E-state index in [1.165, 1.54) is 7.11 Å². The number of ether oxygens (including phenoxy) is 1. The zero-order chi connectivity index (χ0) is 10.9. The lowest BCUT2D eigenvalue weighted by Crippen LogP contribution is -1.95. The van der Waals surface area contributed by atoms with Crippen molar-refractivity contribution in [3.05, 3.63) is 18.7 Å². The lowest BCUT2D eigenvalue weighted by Gasteiger charge is -1.98. The fourth-order valence-electron chi connectivity index (χ4n) is 1.11. The van der Waals surface area contributed by atoms with Gasteiger partial charge < -0.3 is 9.30 Å². The van der Waals surface area contributed by atoms with Crippen LogP contribution < -0.4 is 0 Å². The first kappa shape index (κ1) is 11.3. The minimum Gasteiger partial charge on any atom is -0.459 e. The van der Waals surface area contributed by atoms with Crippen LogP contribution in [-0.4, -0.2) is 22.6 Å². The molecule has 0 saturated heterocycles. The average Bonchev–Trinajstić information content (AvgIpc) is 2.75. The molecule has 0 aliphatic carbocycles. The van der Waals surface area contributed by atoms with Gasteiger partial charge in [0.1, 0.15) is 0 Å². The second-order valence-corrected chi connectivity index (χ2v) is 3.05. The first-order valence-electron chi connectivity index (χ1n) is 4.85. The number of methoxy groups -OCH3 is 1. The quantitative estimate of drug-likeness (QED) is 0.322. The Labute approximate surface area is 89.3 Å². The largest absolute Gasteiger partial charge is 0.459 e. The molecule has 0 spiro atoms. The molecule has 0 radical (unpaired) electrons. The molecule has 1 aromatic rings. The molecule has 15 heavy (non-hydrogen) atoms. The fourth-order valence-corrected chi connectivity index (χ4v) is 1.11. The minimum atomic E-state index is -0.468. The van der Waals surface area contributed by atoms with Crippen LogP contribution in [-0.2, 0) is 16.1 Å². The summed E-state index contributed by atoms with van der Waals surface area (Å²) in [6.07, 6.45) is 8.22. The predicted molar refractivity (Wildman–Crippen MR) is 55.9 cm³/mol. The first-order valence-corrected chi connectivity index (χ1v) is 4.85. The van der Waals surface area contributed by atoms with Crippen LogP contribution in [0.5, 0.6) is 0 Å². The molecule has 0 fully saturated rings. The van der Waals surface area contributed by atoms with E-state index in [1.54, 1.807) is 12.5 Å². The van der Waals surface area contributed by atoms with E-state index < -0.39 is 5.97 Å². The Kier molecular flexibility index (Phi) is 5.02. The fraction of sp³-hybridized carbons (Fsp3) is 0.455. The van der Waals surface area contributed by atoms with Crippen LogP contribution in [0.3, 0.4) is 0 Å². The number of unbranched alkanes of at least 4 members (excludes halogenated alkanes) is 2. The molecule has 0 unspecified atom stereocenters. The van der Waals surface area contributed by atoms with Gasteiger partial charge in [0.2, 0.25) is 0 Å². The summed E-state index contributed by atoms with van der Waals surface area (Å²) in [5.41, 5.74) is 0. The summed E-state index contributed by atoms with van der Waals surface area (Å²) < 4.78 is 6.41. The third-order valence-corrected chi connectivity index (χ3v) is 1.90. The smallest absolute Gasteiger partial charge is 0.384 e. The van der Waals surface area contributed by atoms with E-state index in [4.69, 9.17) is 0 Å². The van der Waals surface area contributed by atoms with E-state index in [2.05, 4.69) is 21.6 Å². The van der Waals surface area contributed by atoms with Crippen LogP contribution in [0.1, 0.15) is 19.3 Å². The van der Waals surface area contributed by atoms with Crippen LogP contribution >= 0.6 is 0 Å². The number of carbonyl (C=O) groups excluding carboxylic acids is 1. The number of carbonyl (C=O) groups is 1. The Morgan fingerprint density at radius 2 is 2.40 bits per heavy atom. The highest BCUT2D eigenvalue weighted by molar-refractivity contribution is 5.88. The number of aryl methyl sites for hydroxylation is 1. The Morgan fingerprint density at radius 3 is 3.07 bits per heavy atom. The molecule has 0 saturated carbocycles. The van der Waals surface area contributed by atoms with Crippen molar-refractivity contribution in [1.82, 2.24) is 9.55 Å². The Balaban J connectivity index is 2.06. The summed E-state index contributed by atoms with van der Waals surface area (Å²) >= 11 is 0. The molecule has 4 nitrogen and oxygen atoms in total. The molecule has 0 atom stereocenters. The molecule has 80 valence electrons. The predicted octanol–water partition coefficient (Wildman–Crippen LogP) is 1.23. The number of hydrogen-bond acceptors (Lipinski definition) is 3. The van der Waals surface area contributed by atoms with Crippen LogP contribution in [0.25, 0.3) is 0 Å². The van der Waals surface area contributed by atoms with Gasteiger partial charge in [0.15, 0.2) is 0 Å². The molecular formula is C11H14N2O2. The van der Waals surface area contributed by atoms with Gasteiger partial charge in [0.05, 0.1) is 13.4 Å². The Bertz CT molecular complexity index is 346. The van der Waals surface area contributed by atoms with Crippen LogP contribution in [0.2, 0.25) is 0 Å². The molecule has 4 heteroatoms. The topological polar surface area (TPSA) is 44.1 Å². The van der Waals surface area contributed by atoms with E-state index in [-0.39, 0.29) is 0 Å². The summed E-state index contributed by atoms with van der Waals surface area (Å²) in [7, 11) is 1.33. The zero-order valence-corrected chi connectivity index (χ0v) is 8.77. The zero-order valence-electron chi connectivity index (χ0n) is 8.77. The Morgan fingerprint density at radius 1 is 1.53 bits per heavy atom. The number of rotatable bonds is 4. The van der Waals surface area contributed by atoms with Gasteiger partial charge in [-0.05, 0) is 12.8 Å². The van der Waals surface area contributed by atoms with Crippen molar-refractivity contribution in [1.29, 1.82) is 0 Å². The second kappa shape index (κ2) is 6.66. The highest BCUT2D eigenvalue weighted by Gasteiger charge is 1.91. The number of aromatic nitrogens is 2. The van der Waals surface area contributed by atoms with E-state index in [0.29, 0.717) is 0 Å². The van der Waals surface area contributed by atoms with Crippen molar-refractivity contribution in [3.63, 3.8) is 0 Å². The maximum Gasteiger partial charge on any atom is 0.384 e. The van der Waals surface area contributed by atoms with Gasteiger partial charge in [0.25, 0.3) is 0 Å². The van der Waals surface area contributed by atoms with E-state index in [9.17, 15) is 4.79 Å². The van der Waals surface area contributed by atoms with Crippen LogP contribution in [0.4, 0.5) is 0 Å².